The fraction of sp³-hybridized carbons (Fsp3) is 1.00. The molecule has 1 aliphatic carbocycles. The molecular weight excluding hydrogens is 196 g/mol. The van der Waals surface area contributed by atoms with Crippen molar-refractivity contribution in [2.24, 2.45) is 5.92 Å². The maximum absolute atomic E-state index is 3.86. The second-order valence-electron chi connectivity index (χ2n) is 5.95. The normalized spacial score (nSPS) is 36.4. The van der Waals surface area contributed by atoms with E-state index < -0.39 is 0 Å². The summed E-state index contributed by atoms with van der Waals surface area (Å²) >= 11 is 0. The van der Waals surface area contributed by atoms with E-state index in [0.717, 1.165) is 24.0 Å². The standard InChI is InChI=1S/C14H28N2/c1-4-11(2)16(3)10-13-9-12-7-5-6-8-14(12)15-13/h11-15H,4-10H2,1-3H3. The lowest BCUT2D eigenvalue weighted by molar-refractivity contribution is 0.228. The fourth-order valence-electron chi connectivity index (χ4n) is 3.41. The molecule has 2 heteroatoms. The predicted molar refractivity (Wildman–Crippen MR) is 69.7 cm³/mol. The summed E-state index contributed by atoms with van der Waals surface area (Å²) in [6.45, 7) is 5.85. The molecule has 0 bridgehead atoms. The lowest BCUT2D eigenvalue weighted by Crippen LogP contribution is -2.41. The van der Waals surface area contributed by atoms with Crippen LogP contribution in [0.2, 0.25) is 0 Å². The minimum absolute atomic E-state index is 0.726. The summed E-state index contributed by atoms with van der Waals surface area (Å²) < 4.78 is 0. The third-order valence-electron chi connectivity index (χ3n) is 4.80. The minimum atomic E-state index is 0.726. The van der Waals surface area contributed by atoms with Gasteiger partial charge in [-0.3, -0.25) is 0 Å². The maximum atomic E-state index is 3.86. The van der Waals surface area contributed by atoms with E-state index in [-0.39, 0.29) is 0 Å². The quantitative estimate of drug-likeness (QED) is 0.790. The molecule has 0 aromatic heterocycles. The lowest BCUT2D eigenvalue weighted by atomic mass is 9.85. The SMILES string of the molecule is CCC(C)N(C)CC1CC2CCCCC2N1. The topological polar surface area (TPSA) is 15.3 Å². The lowest BCUT2D eigenvalue weighted by Gasteiger charge is -2.27. The van der Waals surface area contributed by atoms with Crippen molar-refractivity contribution in [1.82, 2.24) is 10.2 Å². The van der Waals surface area contributed by atoms with Gasteiger partial charge in [0.2, 0.25) is 0 Å². The number of likely N-dealkylation sites (N-methyl/N-ethyl adjacent to an activating group) is 1. The highest BCUT2D eigenvalue weighted by Gasteiger charge is 2.35. The molecule has 2 aliphatic rings. The van der Waals surface area contributed by atoms with Gasteiger partial charge in [0.1, 0.15) is 0 Å². The van der Waals surface area contributed by atoms with Crippen LogP contribution in [-0.4, -0.2) is 36.6 Å². The molecule has 0 spiro atoms. The van der Waals surface area contributed by atoms with Crippen LogP contribution in [0.3, 0.4) is 0 Å². The van der Waals surface area contributed by atoms with Gasteiger partial charge in [0.05, 0.1) is 0 Å². The van der Waals surface area contributed by atoms with Crippen molar-refractivity contribution in [2.75, 3.05) is 13.6 Å². The van der Waals surface area contributed by atoms with Crippen LogP contribution in [0.25, 0.3) is 0 Å². The van der Waals surface area contributed by atoms with E-state index in [4.69, 9.17) is 0 Å². The molecule has 4 unspecified atom stereocenters. The molecule has 1 saturated heterocycles. The van der Waals surface area contributed by atoms with Crippen LogP contribution >= 0.6 is 0 Å². The first kappa shape index (κ1) is 12.4. The molecule has 1 heterocycles. The molecule has 4 atom stereocenters. The van der Waals surface area contributed by atoms with Gasteiger partial charge in [-0.1, -0.05) is 19.8 Å². The summed E-state index contributed by atoms with van der Waals surface area (Å²) in [7, 11) is 2.28. The summed E-state index contributed by atoms with van der Waals surface area (Å²) in [6, 6.07) is 2.33. The summed E-state index contributed by atoms with van der Waals surface area (Å²) in [5, 5.41) is 3.86. The molecule has 94 valence electrons. The molecule has 2 rings (SSSR count). The second kappa shape index (κ2) is 5.50. The summed E-state index contributed by atoms with van der Waals surface area (Å²) in [4.78, 5) is 2.52. The first-order chi connectivity index (χ1) is 7.70. The zero-order valence-electron chi connectivity index (χ0n) is 11.2. The summed E-state index contributed by atoms with van der Waals surface area (Å²) in [5.41, 5.74) is 0. The molecule has 1 saturated carbocycles. The first-order valence-corrected chi connectivity index (χ1v) is 7.17. The Morgan fingerprint density at radius 1 is 1.31 bits per heavy atom. The van der Waals surface area contributed by atoms with E-state index in [2.05, 4.69) is 31.1 Å². The van der Waals surface area contributed by atoms with E-state index in [0.29, 0.717) is 0 Å². The smallest absolute Gasteiger partial charge is 0.0200 e. The number of hydrogen-bond donors (Lipinski definition) is 1. The molecule has 0 aromatic carbocycles. The second-order valence-corrected chi connectivity index (χ2v) is 5.95. The number of hydrogen-bond acceptors (Lipinski definition) is 2. The number of nitrogens with one attached hydrogen (secondary N) is 1. The first-order valence-electron chi connectivity index (χ1n) is 7.17. The molecule has 0 radical (unpaired) electrons. The number of rotatable bonds is 4. The molecule has 1 aliphatic heterocycles. The zero-order chi connectivity index (χ0) is 11.5. The Labute approximate surface area is 101 Å². The average molecular weight is 224 g/mol. The van der Waals surface area contributed by atoms with Crippen LogP contribution < -0.4 is 5.32 Å². The van der Waals surface area contributed by atoms with Gasteiger partial charge in [-0.05, 0) is 45.6 Å². The largest absolute Gasteiger partial charge is 0.310 e. The Kier molecular flexibility index (Phi) is 4.26. The number of fused-ring (bicyclic) bond motifs is 1. The molecule has 16 heavy (non-hydrogen) atoms. The van der Waals surface area contributed by atoms with Crippen molar-refractivity contribution in [1.29, 1.82) is 0 Å². The third-order valence-corrected chi connectivity index (χ3v) is 4.80. The van der Waals surface area contributed by atoms with Crippen LogP contribution in [0.5, 0.6) is 0 Å². The van der Waals surface area contributed by atoms with Gasteiger partial charge in [-0.15, -0.1) is 0 Å². The summed E-state index contributed by atoms with van der Waals surface area (Å²) in [5.74, 6) is 0.990. The highest BCUT2D eigenvalue weighted by Crippen LogP contribution is 2.33. The zero-order valence-corrected chi connectivity index (χ0v) is 11.2. The average Bonchev–Trinajstić information content (AvgIpc) is 2.69. The Morgan fingerprint density at radius 2 is 2.06 bits per heavy atom. The fourth-order valence-corrected chi connectivity index (χ4v) is 3.41. The molecular formula is C14H28N2. The third kappa shape index (κ3) is 2.78. The van der Waals surface area contributed by atoms with Gasteiger partial charge in [0.25, 0.3) is 0 Å². The van der Waals surface area contributed by atoms with Crippen molar-refractivity contribution in [3.63, 3.8) is 0 Å². The van der Waals surface area contributed by atoms with Crippen LogP contribution in [0.15, 0.2) is 0 Å². The van der Waals surface area contributed by atoms with Gasteiger partial charge in [0, 0.05) is 24.7 Å². The van der Waals surface area contributed by atoms with Crippen molar-refractivity contribution in [3.05, 3.63) is 0 Å². The van der Waals surface area contributed by atoms with Crippen LogP contribution in [0.1, 0.15) is 52.4 Å². The van der Waals surface area contributed by atoms with E-state index >= 15 is 0 Å². The highest BCUT2D eigenvalue weighted by atomic mass is 15.2. The molecule has 2 nitrogen and oxygen atoms in total. The van der Waals surface area contributed by atoms with Crippen LogP contribution in [0, 0.1) is 5.92 Å². The number of nitrogens with zero attached hydrogens (tertiary/aromatic N) is 1. The predicted octanol–water partition coefficient (Wildman–Crippen LogP) is 2.64. The monoisotopic (exact) mass is 224 g/mol. The Hall–Kier alpha value is -0.0800. The van der Waals surface area contributed by atoms with Gasteiger partial charge in [0.15, 0.2) is 0 Å². The van der Waals surface area contributed by atoms with Crippen molar-refractivity contribution < 1.29 is 0 Å². The van der Waals surface area contributed by atoms with Crippen LogP contribution in [-0.2, 0) is 0 Å². The van der Waals surface area contributed by atoms with E-state index in [9.17, 15) is 0 Å². The Bertz CT molecular complexity index is 203. The molecule has 0 amide bonds. The van der Waals surface area contributed by atoms with Crippen LogP contribution in [0.4, 0.5) is 0 Å². The Balaban J connectivity index is 1.79. The summed E-state index contributed by atoms with van der Waals surface area (Å²) in [6.07, 6.45) is 8.50. The van der Waals surface area contributed by atoms with Gasteiger partial charge >= 0.3 is 0 Å². The molecule has 0 aromatic rings. The van der Waals surface area contributed by atoms with Gasteiger partial charge in [-0.25, -0.2) is 0 Å². The highest BCUT2D eigenvalue weighted by molar-refractivity contribution is 4.94. The molecule has 2 fully saturated rings. The van der Waals surface area contributed by atoms with E-state index in [1.165, 1.54) is 45.1 Å². The van der Waals surface area contributed by atoms with Gasteiger partial charge in [-0.2, -0.15) is 0 Å². The van der Waals surface area contributed by atoms with Crippen molar-refractivity contribution >= 4 is 0 Å². The Morgan fingerprint density at radius 3 is 2.75 bits per heavy atom. The minimum Gasteiger partial charge on any atom is -0.310 e. The van der Waals surface area contributed by atoms with E-state index in [1.807, 2.05) is 0 Å². The van der Waals surface area contributed by atoms with E-state index in [1.54, 1.807) is 0 Å². The van der Waals surface area contributed by atoms with Crippen molar-refractivity contribution in [2.45, 2.75) is 70.5 Å². The van der Waals surface area contributed by atoms with Crippen molar-refractivity contribution in [3.8, 4) is 0 Å². The molecule has 1 N–H and O–H groups in total. The van der Waals surface area contributed by atoms with Gasteiger partial charge < -0.3 is 10.2 Å². The maximum Gasteiger partial charge on any atom is 0.0200 e.